The molecule has 0 saturated carbocycles. The third kappa shape index (κ3) is 22.2. The third-order valence-electron chi connectivity index (χ3n) is 3.64. The van der Waals surface area contributed by atoms with Crippen LogP contribution in [0.15, 0.2) is 12.2 Å². The minimum absolute atomic E-state index is 0. The molecule has 0 aliphatic rings. The number of aliphatic carboxylic acids is 1. The summed E-state index contributed by atoms with van der Waals surface area (Å²) in [5.41, 5.74) is 0. The van der Waals surface area contributed by atoms with E-state index in [9.17, 15) is 9.90 Å². The van der Waals surface area contributed by atoms with Gasteiger partial charge in [0.05, 0.1) is 0 Å². The second-order valence-corrected chi connectivity index (χ2v) is 5.71. The van der Waals surface area contributed by atoms with Gasteiger partial charge in [-0.3, -0.25) is 0 Å². The largest absolute Gasteiger partial charge is 1.00 e. The van der Waals surface area contributed by atoms with Crippen molar-refractivity contribution in [3.63, 3.8) is 0 Å². The van der Waals surface area contributed by atoms with Gasteiger partial charge >= 0.3 is 18.9 Å². The minimum atomic E-state index is -0.914. The number of allylic oxidation sites excluding steroid dienone is 2. The fourth-order valence-electron chi connectivity index (χ4n) is 2.34. The minimum Gasteiger partial charge on any atom is -0.550 e. The fourth-order valence-corrected chi connectivity index (χ4v) is 2.34. The molecule has 0 amide bonds. The Hall–Kier alpha value is -0.193. The van der Waals surface area contributed by atoms with Crippen LogP contribution < -0.4 is 24.0 Å². The molecule has 118 valence electrons. The molecule has 0 rings (SSSR count). The van der Waals surface area contributed by atoms with Crippen LogP contribution in [-0.2, 0) is 4.79 Å². The average Bonchev–Trinajstić information content (AvgIpc) is 2.43. The van der Waals surface area contributed by atoms with Crippen LogP contribution >= 0.6 is 0 Å². The first-order valence-corrected chi connectivity index (χ1v) is 8.62. The van der Waals surface area contributed by atoms with Crippen molar-refractivity contribution in [3.05, 3.63) is 12.2 Å². The van der Waals surface area contributed by atoms with Gasteiger partial charge in [0.15, 0.2) is 0 Å². The molecule has 0 heterocycles. The van der Waals surface area contributed by atoms with Gasteiger partial charge < -0.3 is 9.90 Å². The van der Waals surface area contributed by atoms with Gasteiger partial charge in [-0.15, -0.1) is 0 Å². The summed E-state index contributed by atoms with van der Waals surface area (Å²) in [5.74, 6) is -0.914. The van der Waals surface area contributed by atoms with Gasteiger partial charge in [0, 0.05) is 5.97 Å². The van der Waals surface area contributed by atoms with E-state index in [1.54, 1.807) is 0 Å². The summed E-state index contributed by atoms with van der Waals surface area (Å²) in [4.78, 5) is 10.2. The molecule has 0 aliphatic carbocycles. The molecule has 21 heavy (non-hydrogen) atoms. The Labute approximate surface area is 144 Å². The summed E-state index contributed by atoms with van der Waals surface area (Å²) in [6, 6.07) is 0. The Balaban J connectivity index is 0. The van der Waals surface area contributed by atoms with Crippen molar-refractivity contribution in [2.24, 2.45) is 0 Å². The van der Waals surface area contributed by atoms with Crippen molar-refractivity contribution in [1.29, 1.82) is 0 Å². The second kappa shape index (κ2) is 19.8. The van der Waals surface area contributed by atoms with Gasteiger partial charge in [-0.2, -0.15) is 0 Å². The predicted molar refractivity (Wildman–Crippen MR) is 84.5 cm³/mol. The number of carboxylic acids is 1. The number of carbonyl (C=O) groups excluding carboxylic acids is 1. The van der Waals surface area contributed by atoms with Crippen molar-refractivity contribution in [3.8, 4) is 0 Å². The molecule has 0 aromatic heterocycles. The SMILES string of the molecule is CCCCCCCC/C=C/CCCCCCCC(=O)[O-].[Li+]. The zero-order valence-electron chi connectivity index (χ0n) is 14.4. The van der Waals surface area contributed by atoms with Crippen molar-refractivity contribution < 1.29 is 28.8 Å². The van der Waals surface area contributed by atoms with Gasteiger partial charge in [0.2, 0.25) is 0 Å². The van der Waals surface area contributed by atoms with Crippen LogP contribution in [0, 0.1) is 0 Å². The van der Waals surface area contributed by atoms with E-state index >= 15 is 0 Å². The predicted octanol–water partition coefficient (Wildman–Crippen LogP) is 1.78. The molecule has 0 radical (unpaired) electrons. The van der Waals surface area contributed by atoms with Crippen molar-refractivity contribution >= 4 is 5.97 Å². The van der Waals surface area contributed by atoms with Gasteiger partial charge in [-0.1, -0.05) is 70.4 Å². The zero-order chi connectivity index (χ0) is 14.9. The van der Waals surface area contributed by atoms with E-state index in [1.807, 2.05) is 0 Å². The average molecular weight is 288 g/mol. The van der Waals surface area contributed by atoms with E-state index in [2.05, 4.69) is 19.1 Å². The second-order valence-electron chi connectivity index (χ2n) is 5.71. The molecule has 0 unspecified atom stereocenters. The van der Waals surface area contributed by atoms with Crippen LogP contribution in [0.2, 0.25) is 0 Å². The number of hydrogen-bond donors (Lipinski definition) is 0. The van der Waals surface area contributed by atoms with E-state index in [0.717, 1.165) is 19.3 Å². The Morgan fingerprint density at radius 2 is 1.19 bits per heavy atom. The Kier molecular flexibility index (Phi) is 21.8. The zero-order valence-corrected chi connectivity index (χ0v) is 14.4. The molecule has 0 aromatic carbocycles. The first-order chi connectivity index (χ1) is 9.77. The van der Waals surface area contributed by atoms with Crippen LogP contribution in [0.1, 0.15) is 96.8 Å². The molecule has 0 aliphatic heterocycles. The maximum absolute atomic E-state index is 10.2. The molecule has 0 atom stereocenters. The van der Waals surface area contributed by atoms with Crippen LogP contribution in [0.25, 0.3) is 0 Å². The first kappa shape index (κ1) is 23.1. The maximum Gasteiger partial charge on any atom is 1.00 e. The number of unbranched alkanes of at least 4 members (excludes halogenated alkanes) is 11. The van der Waals surface area contributed by atoms with Crippen molar-refractivity contribution in [1.82, 2.24) is 0 Å². The quantitative estimate of drug-likeness (QED) is 0.262. The third-order valence-corrected chi connectivity index (χ3v) is 3.64. The molecule has 0 saturated heterocycles. The molecule has 0 aromatic rings. The molecule has 0 bridgehead atoms. The Morgan fingerprint density at radius 1 is 0.762 bits per heavy atom. The molecule has 2 nitrogen and oxygen atoms in total. The summed E-state index contributed by atoms with van der Waals surface area (Å²) in [5, 5.41) is 10.2. The molecule has 0 fully saturated rings. The smallest absolute Gasteiger partial charge is 0.550 e. The van der Waals surface area contributed by atoms with Crippen LogP contribution in [0.4, 0.5) is 0 Å². The van der Waals surface area contributed by atoms with Crippen LogP contribution in [-0.4, -0.2) is 5.97 Å². The Morgan fingerprint density at radius 3 is 1.67 bits per heavy atom. The number of rotatable bonds is 15. The first-order valence-electron chi connectivity index (χ1n) is 8.62. The van der Waals surface area contributed by atoms with E-state index in [4.69, 9.17) is 0 Å². The van der Waals surface area contributed by atoms with E-state index in [-0.39, 0.29) is 25.3 Å². The van der Waals surface area contributed by atoms with Crippen LogP contribution in [0.5, 0.6) is 0 Å². The maximum atomic E-state index is 10.2. The van der Waals surface area contributed by atoms with E-state index < -0.39 is 5.97 Å². The fraction of sp³-hybridized carbons (Fsp3) is 0.833. The van der Waals surface area contributed by atoms with Crippen molar-refractivity contribution in [2.45, 2.75) is 96.8 Å². The molecular weight excluding hydrogens is 255 g/mol. The number of hydrogen-bond acceptors (Lipinski definition) is 2. The number of carbonyl (C=O) groups is 1. The monoisotopic (exact) mass is 288 g/mol. The van der Waals surface area contributed by atoms with Crippen molar-refractivity contribution in [2.75, 3.05) is 0 Å². The molecule has 0 spiro atoms. The normalized spacial score (nSPS) is 10.7. The van der Waals surface area contributed by atoms with Gasteiger partial charge in [0.25, 0.3) is 0 Å². The molecular formula is C18H33LiO2. The number of carboxylic acid groups (broad SMARTS) is 1. The summed E-state index contributed by atoms with van der Waals surface area (Å²) in [7, 11) is 0. The summed E-state index contributed by atoms with van der Waals surface area (Å²) >= 11 is 0. The summed E-state index contributed by atoms with van der Waals surface area (Å²) in [6.45, 7) is 2.26. The van der Waals surface area contributed by atoms with Gasteiger partial charge in [-0.05, 0) is 38.5 Å². The molecule has 0 N–H and O–H groups in total. The standard InChI is InChI=1S/C18H34O2.Li/c1-2-3-4-5-6-7-8-9-10-11-12-13-14-15-16-17-18(19)20;/h9-10H,2-8,11-17H2,1H3,(H,19,20);/q;+1/p-1/b10-9+;. The molecule has 3 heteroatoms. The summed E-state index contributed by atoms with van der Waals surface area (Å²) < 4.78 is 0. The van der Waals surface area contributed by atoms with E-state index in [0.29, 0.717) is 0 Å². The van der Waals surface area contributed by atoms with E-state index in [1.165, 1.54) is 64.2 Å². The van der Waals surface area contributed by atoms with Crippen LogP contribution in [0.3, 0.4) is 0 Å². The van der Waals surface area contributed by atoms with Gasteiger partial charge in [0.1, 0.15) is 0 Å². The summed E-state index contributed by atoms with van der Waals surface area (Å²) in [6.07, 6.45) is 20.9. The van der Waals surface area contributed by atoms with Gasteiger partial charge in [-0.25, -0.2) is 0 Å². The Bertz CT molecular complexity index is 239. The topological polar surface area (TPSA) is 40.1 Å².